The second-order valence-corrected chi connectivity index (χ2v) is 6.22. The van der Waals surface area contributed by atoms with Crippen molar-refractivity contribution in [3.8, 4) is 0 Å². The predicted octanol–water partition coefficient (Wildman–Crippen LogP) is 3.98. The van der Waals surface area contributed by atoms with Gasteiger partial charge in [0.05, 0.1) is 5.41 Å². The van der Waals surface area contributed by atoms with Crippen LogP contribution in [0.1, 0.15) is 53.4 Å². The zero-order valence-corrected chi connectivity index (χ0v) is 11.0. The summed E-state index contributed by atoms with van der Waals surface area (Å²) in [7, 11) is 0. The molecule has 0 aliphatic heterocycles. The first-order valence-corrected chi connectivity index (χ1v) is 6.70. The Balaban J connectivity index is 2.32. The van der Waals surface area contributed by atoms with Crippen molar-refractivity contribution in [1.82, 2.24) is 0 Å². The minimum Gasteiger partial charge on any atom is -0.298 e. The molecule has 0 heterocycles. The molecule has 2 aliphatic carbocycles. The van der Waals surface area contributed by atoms with Gasteiger partial charge in [0, 0.05) is 5.92 Å². The van der Waals surface area contributed by atoms with Gasteiger partial charge in [-0.15, -0.1) is 0 Å². The van der Waals surface area contributed by atoms with Crippen LogP contribution in [0.15, 0.2) is 11.6 Å². The van der Waals surface area contributed by atoms with Gasteiger partial charge in [-0.25, -0.2) is 0 Å². The number of hydrogen-bond acceptors (Lipinski definition) is 1. The van der Waals surface area contributed by atoms with E-state index in [9.17, 15) is 4.79 Å². The van der Waals surface area contributed by atoms with E-state index in [0.717, 1.165) is 19.3 Å². The Morgan fingerprint density at radius 1 is 1.38 bits per heavy atom. The van der Waals surface area contributed by atoms with Crippen LogP contribution < -0.4 is 0 Å². The first kappa shape index (κ1) is 11.9. The molecule has 1 nitrogen and oxygen atoms in total. The van der Waals surface area contributed by atoms with Crippen LogP contribution in [0.2, 0.25) is 0 Å². The molecule has 0 amide bonds. The van der Waals surface area contributed by atoms with Crippen molar-refractivity contribution in [2.45, 2.75) is 53.4 Å². The lowest BCUT2D eigenvalue weighted by molar-refractivity contribution is -0.138. The summed E-state index contributed by atoms with van der Waals surface area (Å²) >= 11 is 0. The molecule has 2 aliphatic rings. The molecule has 0 saturated heterocycles. The fraction of sp³-hybridized carbons (Fsp3) is 0.800. The number of hydrogen-bond donors (Lipinski definition) is 0. The van der Waals surface area contributed by atoms with Crippen LogP contribution in [0.25, 0.3) is 0 Å². The van der Waals surface area contributed by atoms with Crippen molar-refractivity contribution in [1.29, 1.82) is 0 Å². The summed E-state index contributed by atoms with van der Waals surface area (Å²) in [5.74, 6) is 1.90. The van der Waals surface area contributed by atoms with Crippen LogP contribution in [0.5, 0.6) is 0 Å². The number of Topliss-reactive ketones (excluding diaryl/α,β-unsaturated/α-hetero) is 1. The summed E-state index contributed by atoms with van der Waals surface area (Å²) in [6.07, 6.45) is 6.82. The number of carbonyl (C=O) groups excluding carboxylic acids is 1. The largest absolute Gasteiger partial charge is 0.298 e. The molecule has 1 fully saturated rings. The Kier molecular flexibility index (Phi) is 2.98. The summed E-state index contributed by atoms with van der Waals surface area (Å²) in [6, 6.07) is 0. The third kappa shape index (κ3) is 1.65. The van der Waals surface area contributed by atoms with Crippen LogP contribution in [0, 0.1) is 23.2 Å². The normalized spacial score (nSPS) is 39.6. The van der Waals surface area contributed by atoms with E-state index in [1.807, 2.05) is 0 Å². The Bertz CT molecular complexity index is 326. The van der Waals surface area contributed by atoms with Gasteiger partial charge in [0.2, 0.25) is 0 Å². The molecule has 1 spiro atoms. The van der Waals surface area contributed by atoms with Gasteiger partial charge in [0.25, 0.3) is 0 Å². The van der Waals surface area contributed by atoms with E-state index in [1.165, 1.54) is 12.0 Å². The molecule has 0 unspecified atom stereocenters. The van der Waals surface area contributed by atoms with Crippen molar-refractivity contribution in [2.24, 2.45) is 23.2 Å². The number of ketones is 1. The van der Waals surface area contributed by atoms with E-state index in [2.05, 4.69) is 33.8 Å². The Morgan fingerprint density at radius 2 is 2.06 bits per heavy atom. The lowest BCUT2D eigenvalue weighted by Gasteiger charge is -2.42. The maximum Gasteiger partial charge on any atom is 0.146 e. The predicted molar refractivity (Wildman–Crippen MR) is 67.2 cm³/mol. The molecule has 0 N–H and O–H groups in total. The van der Waals surface area contributed by atoms with E-state index >= 15 is 0 Å². The molecule has 2 rings (SSSR count). The lowest BCUT2D eigenvalue weighted by atomic mass is 9.60. The quantitative estimate of drug-likeness (QED) is 0.611. The molecule has 90 valence electrons. The fourth-order valence-corrected chi connectivity index (χ4v) is 3.61. The van der Waals surface area contributed by atoms with Gasteiger partial charge in [0.15, 0.2) is 0 Å². The maximum atomic E-state index is 12.7. The van der Waals surface area contributed by atoms with Crippen molar-refractivity contribution >= 4 is 5.78 Å². The molecule has 0 aromatic rings. The van der Waals surface area contributed by atoms with Gasteiger partial charge in [-0.2, -0.15) is 0 Å². The van der Waals surface area contributed by atoms with Gasteiger partial charge in [-0.1, -0.05) is 32.4 Å². The molecule has 0 bridgehead atoms. The Morgan fingerprint density at radius 3 is 2.56 bits per heavy atom. The van der Waals surface area contributed by atoms with Crippen molar-refractivity contribution in [3.63, 3.8) is 0 Å². The van der Waals surface area contributed by atoms with Crippen LogP contribution in [0.3, 0.4) is 0 Å². The van der Waals surface area contributed by atoms with Crippen molar-refractivity contribution < 1.29 is 4.79 Å². The van der Waals surface area contributed by atoms with Crippen molar-refractivity contribution in [3.05, 3.63) is 11.6 Å². The molecular weight excluding hydrogens is 196 g/mol. The Hall–Kier alpha value is -0.590. The van der Waals surface area contributed by atoms with Crippen LogP contribution >= 0.6 is 0 Å². The molecule has 1 saturated carbocycles. The summed E-state index contributed by atoms with van der Waals surface area (Å²) in [5, 5.41) is 0. The molecule has 0 aromatic heterocycles. The number of rotatable bonds is 1. The minimum atomic E-state index is -0.0860. The third-order valence-electron chi connectivity index (χ3n) is 4.83. The topological polar surface area (TPSA) is 17.1 Å². The second kappa shape index (κ2) is 4.01. The van der Waals surface area contributed by atoms with E-state index in [0.29, 0.717) is 23.5 Å². The summed E-state index contributed by atoms with van der Waals surface area (Å²) < 4.78 is 0. The summed E-state index contributed by atoms with van der Waals surface area (Å²) in [6.45, 7) is 8.83. The third-order valence-corrected chi connectivity index (χ3v) is 4.83. The molecular formula is C15H24O. The maximum absolute atomic E-state index is 12.7. The van der Waals surface area contributed by atoms with Crippen LogP contribution in [0.4, 0.5) is 0 Å². The first-order valence-electron chi connectivity index (χ1n) is 6.70. The number of carbonyl (C=O) groups is 1. The highest BCUT2D eigenvalue weighted by Crippen LogP contribution is 2.51. The van der Waals surface area contributed by atoms with E-state index < -0.39 is 0 Å². The zero-order valence-electron chi connectivity index (χ0n) is 11.0. The van der Waals surface area contributed by atoms with Gasteiger partial charge in [-0.05, 0) is 44.4 Å². The van der Waals surface area contributed by atoms with Gasteiger partial charge in [0.1, 0.15) is 5.78 Å². The van der Waals surface area contributed by atoms with Crippen molar-refractivity contribution in [2.75, 3.05) is 0 Å². The highest BCUT2D eigenvalue weighted by molar-refractivity contribution is 5.90. The van der Waals surface area contributed by atoms with E-state index in [-0.39, 0.29) is 5.41 Å². The standard InChI is InChI=1S/C15H24O/c1-10(2)13-6-5-12(4)15(14(13)16)8-7-11(3)9-15/h9-10,12-13H,5-8H2,1-4H3/t12-,13+,15-/m0/s1. The van der Waals surface area contributed by atoms with Crippen LogP contribution in [-0.2, 0) is 4.79 Å². The minimum absolute atomic E-state index is 0.0860. The van der Waals surface area contributed by atoms with Crippen LogP contribution in [-0.4, -0.2) is 5.78 Å². The van der Waals surface area contributed by atoms with E-state index in [4.69, 9.17) is 0 Å². The fourth-order valence-electron chi connectivity index (χ4n) is 3.61. The average molecular weight is 220 g/mol. The Labute approximate surface area is 99.3 Å². The first-order chi connectivity index (χ1) is 7.47. The molecule has 0 aromatic carbocycles. The highest BCUT2D eigenvalue weighted by atomic mass is 16.1. The SMILES string of the molecule is CC1=C[C@]2(CC1)C(=O)[C@@H](C(C)C)CC[C@@H]2C. The molecule has 16 heavy (non-hydrogen) atoms. The van der Waals surface area contributed by atoms with E-state index in [1.54, 1.807) is 0 Å². The second-order valence-electron chi connectivity index (χ2n) is 6.22. The smallest absolute Gasteiger partial charge is 0.146 e. The van der Waals surface area contributed by atoms with Gasteiger partial charge >= 0.3 is 0 Å². The monoisotopic (exact) mass is 220 g/mol. The zero-order chi connectivity index (χ0) is 11.9. The van der Waals surface area contributed by atoms with Gasteiger partial charge in [-0.3, -0.25) is 4.79 Å². The summed E-state index contributed by atoms with van der Waals surface area (Å²) in [5.41, 5.74) is 1.33. The molecule has 3 atom stereocenters. The molecule has 1 heteroatoms. The lowest BCUT2D eigenvalue weighted by Crippen LogP contribution is -2.44. The number of allylic oxidation sites excluding steroid dienone is 2. The summed E-state index contributed by atoms with van der Waals surface area (Å²) in [4.78, 5) is 12.7. The average Bonchev–Trinajstić information content (AvgIpc) is 2.59. The van der Waals surface area contributed by atoms with Gasteiger partial charge < -0.3 is 0 Å². The molecule has 0 radical (unpaired) electrons. The highest BCUT2D eigenvalue weighted by Gasteiger charge is 2.49.